The van der Waals surface area contributed by atoms with Crippen molar-refractivity contribution < 1.29 is 25.0 Å². The zero-order valence-corrected chi connectivity index (χ0v) is 5.96. The standard InChI is InChI=1S/H3NOP2.Pd/c2-4-1-3;/h4H,3H2;. The van der Waals surface area contributed by atoms with Crippen LogP contribution in [0.2, 0.25) is 0 Å². The third-order valence-corrected chi connectivity index (χ3v) is 0.474. The maximum atomic E-state index is 9.14. The van der Waals surface area contributed by atoms with Crippen molar-refractivity contribution in [2.75, 3.05) is 0 Å². The molecule has 5 heavy (non-hydrogen) atoms. The van der Waals surface area contributed by atoms with Crippen LogP contribution < -0.4 is 0 Å². The van der Waals surface area contributed by atoms with Gasteiger partial charge in [0.2, 0.25) is 0 Å². The summed E-state index contributed by atoms with van der Waals surface area (Å²) >= 11 is 0. The van der Waals surface area contributed by atoms with Crippen molar-refractivity contribution in [1.29, 1.82) is 0 Å². The van der Waals surface area contributed by atoms with Crippen molar-refractivity contribution >= 4 is 17.6 Å². The Bertz CT molecular complexity index is 47.6. The van der Waals surface area contributed by atoms with Crippen LogP contribution in [0, 0.1) is 0 Å². The molecule has 0 aromatic carbocycles. The predicted octanol–water partition coefficient (Wildman–Crippen LogP) is 0.982. The first-order valence-corrected chi connectivity index (χ1v) is 2.06. The van der Waals surface area contributed by atoms with Crippen molar-refractivity contribution in [3.05, 3.63) is 0 Å². The van der Waals surface area contributed by atoms with E-state index in [0.717, 1.165) is 0 Å². The van der Waals surface area contributed by atoms with Crippen LogP contribution in [0.5, 0.6) is 0 Å². The molecule has 0 rings (SSSR count). The Morgan fingerprint density at radius 3 is 2.00 bits per heavy atom. The Labute approximate surface area is 47.6 Å². The molecule has 0 saturated carbocycles. The maximum absolute atomic E-state index is 9.14. The molecule has 0 aliphatic carbocycles. The molecular weight excluding hydrogens is 198 g/mol. The Morgan fingerprint density at radius 1 is 1.80 bits per heavy atom. The molecule has 5 heteroatoms. The van der Waals surface area contributed by atoms with Gasteiger partial charge < -0.3 is 0 Å². The topological polar surface area (TPSA) is 29.4 Å². The summed E-state index contributed by atoms with van der Waals surface area (Å²) < 4.78 is 12.3. The van der Waals surface area contributed by atoms with E-state index in [-0.39, 0.29) is 20.4 Å². The molecule has 2 unspecified atom stereocenters. The van der Waals surface area contributed by atoms with Crippen molar-refractivity contribution in [3.8, 4) is 0 Å². The minimum atomic E-state index is -0.522. The largest absolute Gasteiger partial charge is 0.265 e. The molecule has 0 bridgehead atoms. The summed E-state index contributed by atoms with van der Waals surface area (Å²) in [6.07, 6.45) is 0. The first kappa shape index (κ1) is 9.37. The third kappa shape index (κ3) is 11.3. The molecule has 34 valence electrons. The summed E-state index contributed by atoms with van der Waals surface area (Å²) in [4.78, 5) is 0. The van der Waals surface area contributed by atoms with Gasteiger partial charge in [0.05, 0.1) is 0 Å². The second kappa shape index (κ2) is 8.89. The van der Waals surface area contributed by atoms with Crippen LogP contribution in [0.3, 0.4) is 0 Å². The van der Waals surface area contributed by atoms with Crippen LogP contribution in [0.15, 0.2) is 4.52 Å². The van der Waals surface area contributed by atoms with E-state index in [1.165, 1.54) is 0 Å². The smallest absolute Gasteiger partial charge is 0.179 e. The molecule has 0 amide bonds. The molecule has 0 aliphatic heterocycles. The number of hydrogen-bond acceptors (Lipinski definition) is 2. The summed E-state index contributed by atoms with van der Waals surface area (Å²) in [6.45, 7) is 0. The number of hydrogen-bond donors (Lipinski definition) is 0. The average Bonchev–Trinajstić information content (AvgIpc) is 1.37. The van der Waals surface area contributed by atoms with Crippen molar-refractivity contribution in [3.63, 3.8) is 0 Å². The Kier molecular flexibility index (Phi) is 16.7. The Morgan fingerprint density at radius 2 is 2.00 bits per heavy atom. The van der Waals surface area contributed by atoms with Crippen LogP contribution in [-0.4, -0.2) is 0 Å². The zero-order chi connectivity index (χ0) is 3.41. The van der Waals surface area contributed by atoms with E-state index in [1.54, 1.807) is 0 Å². The Balaban J connectivity index is 0. The summed E-state index contributed by atoms with van der Waals surface area (Å²) in [5.74, 6) is 0. The monoisotopic (exact) mass is 201 g/mol. The van der Waals surface area contributed by atoms with E-state index in [0.29, 0.717) is 0 Å². The SMILES string of the molecule is O=[PH]=NP.[Pd]. The molecule has 0 spiro atoms. The van der Waals surface area contributed by atoms with Gasteiger partial charge in [-0.25, -0.2) is 4.52 Å². The number of nitrogens with zero attached hydrogens (tertiary/aromatic N) is 1. The van der Waals surface area contributed by atoms with Gasteiger partial charge in [-0.3, -0.25) is 4.57 Å². The minimum Gasteiger partial charge on any atom is -0.265 e. The van der Waals surface area contributed by atoms with Crippen molar-refractivity contribution in [2.45, 2.75) is 0 Å². The summed E-state index contributed by atoms with van der Waals surface area (Å²) in [5, 5.41) is 0. The fourth-order valence-electron chi connectivity index (χ4n) is 0. The van der Waals surface area contributed by atoms with Gasteiger partial charge in [0.15, 0.2) is 8.25 Å². The van der Waals surface area contributed by atoms with Crippen LogP contribution in [0.4, 0.5) is 0 Å². The van der Waals surface area contributed by atoms with Gasteiger partial charge >= 0.3 is 0 Å². The quantitative estimate of drug-likeness (QED) is 0.424. The molecule has 0 aromatic rings. The fourth-order valence-corrected chi connectivity index (χ4v) is 0. The van der Waals surface area contributed by atoms with Gasteiger partial charge in [0, 0.05) is 20.4 Å². The van der Waals surface area contributed by atoms with E-state index >= 15 is 0 Å². The van der Waals surface area contributed by atoms with Gasteiger partial charge in [0.1, 0.15) is 0 Å². The van der Waals surface area contributed by atoms with Gasteiger partial charge in [-0.15, -0.1) is 0 Å². The van der Waals surface area contributed by atoms with Crippen LogP contribution in [0.1, 0.15) is 0 Å². The number of rotatable bonds is 0. The first-order valence-electron chi connectivity index (χ1n) is 0.686. The second-order valence-electron chi connectivity index (χ2n) is 0.220. The second-order valence-corrected chi connectivity index (χ2v) is 1.44. The molecule has 0 aliphatic rings. The predicted molar refractivity (Wildman–Crippen MR) is 21.1 cm³/mol. The van der Waals surface area contributed by atoms with E-state index in [2.05, 4.69) is 4.52 Å². The molecule has 2 atom stereocenters. The summed E-state index contributed by atoms with van der Waals surface area (Å²) in [5.41, 5.74) is 0. The van der Waals surface area contributed by atoms with Crippen molar-refractivity contribution in [1.82, 2.24) is 0 Å². The van der Waals surface area contributed by atoms with E-state index in [9.17, 15) is 0 Å². The third-order valence-electron chi connectivity index (χ3n) is 0.0527. The van der Waals surface area contributed by atoms with Gasteiger partial charge in [-0.2, -0.15) is 0 Å². The van der Waals surface area contributed by atoms with E-state index in [1.807, 2.05) is 9.39 Å². The summed E-state index contributed by atoms with van der Waals surface area (Å²) in [6, 6.07) is 0. The molecular formula is H3NOP2Pd. The first-order chi connectivity index (χ1) is 1.91. The minimum absolute atomic E-state index is 0. The van der Waals surface area contributed by atoms with Crippen molar-refractivity contribution in [2.24, 2.45) is 4.52 Å². The molecule has 0 heterocycles. The van der Waals surface area contributed by atoms with Crippen LogP contribution >= 0.6 is 17.6 Å². The normalized spacial score (nSPS) is 5.80. The summed E-state index contributed by atoms with van der Waals surface area (Å²) in [7, 11) is 1.46. The van der Waals surface area contributed by atoms with Gasteiger partial charge in [-0.05, 0) is 9.39 Å². The van der Waals surface area contributed by atoms with Crippen LogP contribution in [0.25, 0.3) is 0 Å². The molecule has 0 radical (unpaired) electrons. The van der Waals surface area contributed by atoms with Crippen LogP contribution in [-0.2, 0) is 25.0 Å². The molecule has 2 nitrogen and oxygen atoms in total. The molecule has 0 saturated heterocycles. The molecule has 0 fully saturated rings. The zero-order valence-electron chi connectivity index (χ0n) is 2.25. The molecule has 0 aromatic heterocycles. The van der Waals surface area contributed by atoms with E-state index < -0.39 is 8.25 Å². The maximum Gasteiger partial charge on any atom is 0.179 e. The Hall–Kier alpha value is 0.992. The van der Waals surface area contributed by atoms with Gasteiger partial charge in [-0.1, -0.05) is 0 Å². The average molecular weight is 201 g/mol. The van der Waals surface area contributed by atoms with E-state index in [4.69, 9.17) is 4.57 Å². The molecule has 0 N–H and O–H groups in total. The fraction of sp³-hybridized carbons (Fsp3) is 0. The van der Waals surface area contributed by atoms with Gasteiger partial charge in [0.25, 0.3) is 0 Å².